The Hall–Kier alpha value is -4.69. The Labute approximate surface area is 224 Å². The van der Waals surface area contributed by atoms with Crippen molar-refractivity contribution < 1.29 is 9.59 Å². The van der Waals surface area contributed by atoms with Gasteiger partial charge in [-0.25, -0.2) is 4.99 Å². The molecule has 1 atom stereocenters. The van der Waals surface area contributed by atoms with Gasteiger partial charge in [-0.05, 0) is 37.6 Å². The molecule has 5 rings (SSSR count). The fourth-order valence-electron chi connectivity index (χ4n) is 4.26. The summed E-state index contributed by atoms with van der Waals surface area (Å²) >= 11 is 6.26. The second kappa shape index (κ2) is 10.4. The van der Waals surface area contributed by atoms with Crippen LogP contribution in [0.2, 0.25) is 5.02 Å². The van der Waals surface area contributed by atoms with E-state index in [0.29, 0.717) is 39.1 Å². The Bertz CT molecular complexity index is 1590. The molecule has 8 nitrogen and oxygen atoms in total. The molecule has 0 aliphatic carbocycles. The number of nitrogens with one attached hydrogen (secondary N) is 4. The topological polar surface area (TPSA) is 111 Å². The SMILES string of the molecule is C=C(Nc1n[nH]c(C(=O)NC2N=C(c3ccccc3)c3cc(Cl)ccc3NC2=O)c1C)c1ccccc1C. The molecular formula is C29H25ClN6O2. The van der Waals surface area contributed by atoms with Gasteiger partial charge < -0.3 is 16.0 Å². The molecule has 4 N–H and O–H groups in total. The molecule has 1 aliphatic rings. The van der Waals surface area contributed by atoms with Gasteiger partial charge in [0.15, 0.2) is 5.82 Å². The van der Waals surface area contributed by atoms with E-state index in [0.717, 1.165) is 16.7 Å². The van der Waals surface area contributed by atoms with E-state index in [4.69, 9.17) is 11.6 Å². The van der Waals surface area contributed by atoms with Gasteiger partial charge in [0, 0.05) is 33.0 Å². The second-order valence-corrected chi connectivity index (χ2v) is 9.33. The van der Waals surface area contributed by atoms with E-state index in [1.807, 2.05) is 61.5 Å². The highest BCUT2D eigenvalue weighted by Gasteiger charge is 2.29. The highest BCUT2D eigenvalue weighted by atomic mass is 35.5. The number of hydrogen-bond donors (Lipinski definition) is 4. The highest BCUT2D eigenvalue weighted by Crippen LogP contribution is 2.27. The van der Waals surface area contributed by atoms with E-state index in [-0.39, 0.29) is 5.69 Å². The minimum Gasteiger partial charge on any atom is -0.339 e. The van der Waals surface area contributed by atoms with Crippen LogP contribution in [0.3, 0.4) is 0 Å². The van der Waals surface area contributed by atoms with E-state index in [9.17, 15) is 9.59 Å². The zero-order valence-corrected chi connectivity index (χ0v) is 21.6. The summed E-state index contributed by atoms with van der Waals surface area (Å²) in [6.45, 7) is 7.86. The van der Waals surface area contributed by atoms with Crippen LogP contribution in [-0.4, -0.2) is 33.9 Å². The number of carbonyl (C=O) groups is 2. The first kappa shape index (κ1) is 25.0. The number of carbonyl (C=O) groups excluding carboxylic acids is 2. The van der Waals surface area contributed by atoms with Crippen molar-refractivity contribution in [2.45, 2.75) is 20.0 Å². The molecule has 1 aliphatic heterocycles. The van der Waals surface area contributed by atoms with Crippen molar-refractivity contribution in [3.05, 3.63) is 118 Å². The summed E-state index contributed by atoms with van der Waals surface area (Å²) in [6, 6.07) is 22.4. The first-order valence-electron chi connectivity index (χ1n) is 11.9. The third-order valence-corrected chi connectivity index (χ3v) is 6.53. The molecule has 0 radical (unpaired) electrons. The van der Waals surface area contributed by atoms with Crippen molar-refractivity contribution in [1.29, 1.82) is 0 Å². The van der Waals surface area contributed by atoms with E-state index in [2.05, 4.69) is 37.7 Å². The smallest absolute Gasteiger partial charge is 0.271 e. The van der Waals surface area contributed by atoms with Gasteiger partial charge in [0.2, 0.25) is 6.17 Å². The number of anilines is 2. The summed E-state index contributed by atoms with van der Waals surface area (Å²) in [4.78, 5) is 31.1. The lowest BCUT2D eigenvalue weighted by molar-refractivity contribution is -0.117. The van der Waals surface area contributed by atoms with Crippen LogP contribution < -0.4 is 16.0 Å². The quantitative estimate of drug-likeness (QED) is 0.274. The third kappa shape index (κ3) is 4.94. The molecule has 190 valence electrons. The molecular weight excluding hydrogens is 500 g/mol. The minimum atomic E-state index is -1.19. The average Bonchev–Trinajstić information content (AvgIpc) is 3.21. The van der Waals surface area contributed by atoms with Crippen molar-refractivity contribution in [3.8, 4) is 0 Å². The maximum Gasteiger partial charge on any atom is 0.271 e. The Morgan fingerprint density at radius 2 is 1.76 bits per heavy atom. The normalized spacial score (nSPS) is 14.6. The number of benzodiazepines with no additional fused rings is 1. The molecule has 1 unspecified atom stereocenters. The zero-order valence-electron chi connectivity index (χ0n) is 20.8. The van der Waals surface area contributed by atoms with Gasteiger partial charge in [-0.2, -0.15) is 5.10 Å². The molecule has 3 aromatic carbocycles. The number of nitrogens with zero attached hydrogens (tertiary/aromatic N) is 2. The number of aryl methyl sites for hydroxylation is 1. The summed E-state index contributed by atoms with van der Waals surface area (Å²) < 4.78 is 0. The van der Waals surface area contributed by atoms with Crippen molar-refractivity contribution in [2.75, 3.05) is 10.6 Å². The van der Waals surface area contributed by atoms with Gasteiger partial charge in [0.1, 0.15) is 5.69 Å². The van der Waals surface area contributed by atoms with Crippen LogP contribution in [0.5, 0.6) is 0 Å². The Balaban J connectivity index is 1.42. The van der Waals surface area contributed by atoms with Crippen molar-refractivity contribution in [1.82, 2.24) is 15.5 Å². The molecule has 0 saturated carbocycles. The van der Waals surface area contributed by atoms with Crippen LogP contribution in [0.15, 0.2) is 84.4 Å². The summed E-state index contributed by atoms with van der Waals surface area (Å²) in [6.07, 6.45) is -1.19. The Kier molecular flexibility index (Phi) is 6.81. The lowest BCUT2D eigenvalue weighted by Crippen LogP contribution is -2.42. The third-order valence-electron chi connectivity index (χ3n) is 6.29. The van der Waals surface area contributed by atoms with Gasteiger partial charge in [-0.1, -0.05) is 72.8 Å². The van der Waals surface area contributed by atoms with Gasteiger partial charge in [0.05, 0.1) is 11.4 Å². The molecule has 4 aromatic rings. The van der Waals surface area contributed by atoms with Gasteiger partial charge in [-0.15, -0.1) is 0 Å². The van der Waals surface area contributed by atoms with Crippen molar-refractivity contribution >= 4 is 46.3 Å². The molecule has 0 bridgehead atoms. The van der Waals surface area contributed by atoms with Crippen LogP contribution in [0.25, 0.3) is 5.70 Å². The molecule has 9 heteroatoms. The maximum absolute atomic E-state index is 13.3. The maximum atomic E-state index is 13.3. The summed E-state index contributed by atoms with van der Waals surface area (Å²) in [5.41, 5.74) is 5.97. The van der Waals surface area contributed by atoms with Crippen molar-refractivity contribution in [3.63, 3.8) is 0 Å². The van der Waals surface area contributed by atoms with Gasteiger partial charge in [0.25, 0.3) is 11.8 Å². The summed E-state index contributed by atoms with van der Waals surface area (Å²) in [5, 5.41) is 16.3. The number of fused-ring (bicyclic) bond motifs is 1. The van der Waals surface area contributed by atoms with E-state index in [1.165, 1.54) is 0 Å². The number of hydrogen-bond acceptors (Lipinski definition) is 5. The lowest BCUT2D eigenvalue weighted by Gasteiger charge is -2.13. The Morgan fingerprint density at radius 1 is 1.03 bits per heavy atom. The predicted octanol–water partition coefficient (Wildman–Crippen LogP) is 5.31. The number of aliphatic imine (C=N–C) groups is 1. The first-order valence-corrected chi connectivity index (χ1v) is 12.3. The average molecular weight is 525 g/mol. The standard InChI is InChI=1S/C29H25ClN6O2/c1-16-9-7-8-12-21(16)18(3)31-26-17(2)24(35-36-26)28(37)34-27-29(38)32-23-14-13-20(30)15-22(23)25(33-27)19-10-5-4-6-11-19/h4-15,27H,3H2,1-2H3,(H,32,38)(H,34,37)(H2,31,35,36). The lowest BCUT2D eigenvalue weighted by atomic mass is 10.0. The van der Waals surface area contributed by atoms with E-state index in [1.54, 1.807) is 25.1 Å². The summed E-state index contributed by atoms with van der Waals surface area (Å²) in [7, 11) is 0. The number of H-pyrrole nitrogens is 1. The molecule has 0 saturated heterocycles. The largest absolute Gasteiger partial charge is 0.339 e. The first-order chi connectivity index (χ1) is 18.3. The fourth-order valence-corrected chi connectivity index (χ4v) is 4.43. The molecule has 1 aromatic heterocycles. The van der Waals surface area contributed by atoms with Crippen LogP contribution in [-0.2, 0) is 4.79 Å². The number of aromatic nitrogens is 2. The minimum absolute atomic E-state index is 0.208. The molecule has 2 heterocycles. The predicted molar refractivity (Wildman–Crippen MR) is 151 cm³/mol. The van der Waals surface area contributed by atoms with Gasteiger partial charge >= 0.3 is 0 Å². The second-order valence-electron chi connectivity index (χ2n) is 8.89. The molecule has 0 fully saturated rings. The van der Waals surface area contributed by atoms with Crippen LogP contribution in [0, 0.1) is 13.8 Å². The summed E-state index contributed by atoms with van der Waals surface area (Å²) in [5.74, 6) is -0.537. The van der Waals surface area contributed by atoms with Crippen LogP contribution in [0.1, 0.15) is 38.3 Å². The van der Waals surface area contributed by atoms with Crippen LogP contribution in [0.4, 0.5) is 11.5 Å². The molecule has 38 heavy (non-hydrogen) atoms. The van der Waals surface area contributed by atoms with Gasteiger partial charge in [-0.3, -0.25) is 14.7 Å². The monoisotopic (exact) mass is 524 g/mol. The molecule has 0 spiro atoms. The highest BCUT2D eigenvalue weighted by molar-refractivity contribution is 6.32. The number of rotatable bonds is 6. The number of aromatic amines is 1. The van der Waals surface area contributed by atoms with Crippen LogP contribution >= 0.6 is 11.6 Å². The van der Waals surface area contributed by atoms with Crippen molar-refractivity contribution in [2.24, 2.45) is 4.99 Å². The zero-order chi connectivity index (χ0) is 26.8. The molecule has 2 amide bonds. The van der Waals surface area contributed by atoms with E-state index >= 15 is 0 Å². The van der Waals surface area contributed by atoms with E-state index < -0.39 is 18.0 Å². The number of halogens is 1. The number of amides is 2. The number of benzene rings is 3. The fraction of sp³-hybridized carbons (Fsp3) is 0.103. The Morgan fingerprint density at radius 3 is 2.53 bits per heavy atom.